The molecule has 18 heteroatoms. The molecule has 0 saturated heterocycles. The van der Waals surface area contributed by atoms with Crippen LogP contribution in [0.1, 0.15) is 88.5 Å². The average molecular weight is 818 g/mol. The first-order valence-corrected chi connectivity index (χ1v) is 20.0. The molecule has 0 aliphatic carbocycles. The highest BCUT2D eigenvalue weighted by Gasteiger charge is 2.24. The number of hydrogen-bond donors (Lipinski definition) is 4. The molecule has 3 amide bonds. The van der Waals surface area contributed by atoms with Crippen molar-refractivity contribution in [3.63, 3.8) is 0 Å². The van der Waals surface area contributed by atoms with Crippen LogP contribution >= 0.6 is 0 Å². The van der Waals surface area contributed by atoms with Gasteiger partial charge in [0.25, 0.3) is 11.8 Å². The van der Waals surface area contributed by atoms with E-state index in [1.54, 1.807) is 35.9 Å². The molecule has 0 aliphatic rings. The zero-order valence-electron chi connectivity index (χ0n) is 35.2. The first kappa shape index (κ1) is 42.7. The number of imidazole rings is 1. The predicted molar refractivity (Wildman–Crippen MR) is 229 cm³/mol. The first-order chi connectivity index (χ1) is 28.9. The van der Waals surface area contributed by atoms with Crippen LogP contribution in [0.5, 0.6) is 5.75 Å². The Morgan fingerprint density at radius 3 is 2.33 bits per heavy atom. The molecule has 0 bridgehead atoms. The monoisotopic (exact) mass is 817 g/mol. The molecule has 60 heavy (non-hydrogen) atoms. The normalized spacial score (nSPS) is 11.5. The molecule has 0 unspecified atom stereocenters. The van der Waals surface area contributed by atoms with Crippen molar-refractivity contribution in [1.82, 2.24) is 49.2 Å². The molecule has 6 aromatic heterocycles. The predicted octanol–water partition coefficient (Wildman–Crippen LogP) is 5.41. The zero-order valence-corrected chi connectivity index (χ0v) is 35.2. The summed E-state index contributed by atoms with van der Waals surface area (Å²) < 4.78 is 17.6. The summed E-state index contributed by atoms with van der Waals surface area (Å²) in [5.74, 6) is -0.281. The van der Waals surface area contributed by atoms with E-state index in [0.29, 0.717) is 84.6 Å². The van der Waals surface area contributed by atoms with Gasteiger partial charge >= 0.3 is 0 Å². The molecule has 6 heterocycles. The fourth-order valence-electron chi connectivity index (χ4n) is 7.07. The largest absolute Gasteiger partial charge is 0.491 e. The Bertz CT molecular complexity index is 2760. The number of allylic oxidation sites excluding steroid dienone is 2. The quantitative estimate of drug-likeness (QED) is 0.0707. The Labute approximate surface area is 346 Å². The number of ether oxygens (including phenoxy) is 1. The van der Waals surface area contributed by atoms with Crippen molar-refractivity contribution in [3.05, 3.63) is 82.6 Å². The van der Waals surface area contributed by atoms with Crippen LogP contribution in [0.25, 0.3) is 44.5 Å². The minimum absolute atomic E-state index is 0.0869. The van der Waals surface area contributed by atoms with Gasteiger partial charge in [-0.1, -0.05) is 32.9 Å². The summed E-state index contributed by atoms with van der Waals surface area (Å²) in [4.78, 5) is 61.7. The molecule has 0 atom stereocenters. The van der Waals surface area contributed by atoms with Crippen molar-refractivity contribution in [3.8, 4) is 17.3 Å². The van der Waals surface area contributed by atoms with E-state index < -0.39 is 17.7 Å². The lowest BCUT2D eigenvalue weighted by atomic mass is 10.1. The van der Waals surface area contributed by atoms with E-state index in [2.05, 4.69) is 25.7 Å². The second kappa shape index (κ2) is 18.3. The van der Waals surface area contributed by atoms with Gasteiger partial charge in [-0.15, -0.1) is 0 Å². The minimum atomic E-state index is -0.646. The molecule has 314 valence electrons. The van der Waals surface area contributed by atoms with Gasteiger partial charge in [-0.2, -0.15) is 5.10 Å². The SMILES string of the molecule is CC.CCc1nc(C)oc1C(=O)Nc1nc2cc(C(N)=O)cc(OCCCNC)c2n1C/C=C/Cn1c2nc(-c3cc(C)nn3CC)ncc2c2cc(C(N)=O)nc(C)c21. The van der Waals surface area contributed by atoms with Gasteiger partial charge in [0.15, 0.2) is 11.7 Å². The van der Waals surface area contributed by atoms with Gasteiger partial charge in [0.05, 0.1) is 34.7 Å². The number of nitrogens with two attached hydrogens (primary N) is 2. The van der Waals surface area contributed by atoms with E-state index in [1.165, 1.54) is 0 Å². The molecule has 1 aromatic carbocycles. The van der Waals surface area contributed by atoms with Gasteiger partial charge in [-0.05, 0) is 71.5 Å². The molecule has 18 nitrogen and oxygen atoms in total. The maximum Gasteiger partial charge on any atom is 0.295 e. The van der Waals surface area contributed by atoms with Crippen LogP contribution in [0.15, 0.2) is 47.0 Å². The number of anilines is 1. The lowest BCUT2D eigenvalue weighted by Crippen LogP contribution is -2.17. The second-order valence-electron chi connectivity index (χ2n) is 13.7. The van der Waals surface area contributed by atoms with Gasteiger partial charge in [0.2, 0.25) is 17.6 Å². The number of rotatable bonds is 16. The summed E-state index contributed by atoms with van der Waals surface area (Å²) in [6.07, 6.45) is 6.82. The molecule has 6 N–H and O–H groups in total. The van der Waals surface area contributed by atoms with Gasteiger partial charge in [-0.3, -0.25) is 24.4 Å². The van der Waals surface area contributed by atoms with Crippen LogP contribution in [0.4, 0.5) is 5.95 Å². The van der Waals surface area contributed by atoms with Gasteiger partial charge in [-0.25, -0.2) is 24.9 Å². The van der Waals surface area contributed by atoms with Crippen molar-refractivity contribution in [2.75, 3.05) is 25.5 Å². The molecule has 0 radical (unpaired) electrons. The number of aryl methyl sites for hydroxylation is 5. The smallest absolute Gasteiger partial charge is 0.295 e. The molecule has 7 aromatic rings. The van der Waals surface area contributed by atoms with Crippen LogP contribution in [0.2, 0.25) is 0 Å². The van der Waals surface area contributed by atoms with E-state index in [0.717, 1.165) is 27.7 Å². The van der Waals surface area contributed by atoms with E-state index in [-0.39, 0.29) is 29.5 Å². The first-order valence-electron chi connectivity index (χ1n) is 20.0. The minimum Gasteiger partial charge on any atom is -0.491 e. The number of primary amides is 2. The Morgan fingerprint density at radius 1 is 0.900 bits per heavy atom. The van der Waals surface area contributed by atoms with E-state index >= 15 is 0 Å². The fraction of sp³-hybridized carbons (Fsp3) is 0.357. The summed E-state index contributed by atoms with van der Waals surface area (Å²) >= 11 is 0. The highest BCUT2D eigenvalue weighted by molar-refractivity contribution is 6.09. The zero-order chi connectivity index (χ0) is 43.2. The number of amides is 3. The summed E-state index contributed by atoms with van der Waals surface area (Å²) in [5, 5.41) is 12.0. The Morgan fingerprint density at radius 2 is 1.65 bits per heavy atom. The number of aromatic nitrogens is 9. The van der Waals surface area contributed by atoms with E-state index in [9.17, 15) is 14.4 Å². The molecular formula is C42H51N13O5. The molecular weight excluding hydrogens is 767 g/mol. The highest BCUT2D eigenvalue weighted by atomic mass is 16.5. The summed E-state index contributed by atoms with van der Waals surface area (Å²) in [6.45, 7) is 15.6. The van der Waals surface area contributed by atoms with E-state index in [4.69, 9.17) is 35.6 Å². The fourth-order valence-corrected chi connectivity index (χ4v) is 7.07. The number of fused-ring (bicyclic) bond motifs is 4. The van der Waals surface area contributed by atoms with Gasteiger partial charge < -0.3 is 35.1 Å². The summed E-state index contributed by atoms with van der Waals surface area (Å²) in [7, 11) is 1.85. The molecule has 0 saturated carbocycles. The third-order valence-corrected chi connectivity index (χ3v) is 9.67. The number of carbonyl (C=O) groups excluding carboxylic acids is 3. The molecule has 0 aliphatic heterocycles. The topological polar surface area (TPSA) is 242 Å². The number of hydrogen-bond acceptors (Lipinski definition) is 12. The summed E-state index contributed by atoms with van der Waals surface area (Å²) in [5.41, 5.74) is 16.8. The average Bonchev–Trinajstić information content (AvgIpc) is 3.99. The lowest BCUT2D eigenvalue weighted by Gasteiger charge is -2.13. The van der Waals surface area contributed by atoms with Crippen LogP contribution in [-0.2, 0) is 26.1 Å². The Balaban J connectivity index is 0.00000297. The Hall–Kier alpha value is -6.95. The molecule has 0 spiro atoms. The number of pyridine rings is 1. The number of benzene rings is 1. The van der Waals surface area contributed by atoms with Crippen LogP contribution in [0.3, 0.4) is 0 Å². The third kappa shape index (κ3) is 8.45. The van der Waals surface area contributed by atoms with Crippen molar-refractivity contribution in [2.24, 2.45) is 11.5 Å². The van der Waals surface area contributed by atoms with Gasteiger partial charge in [0, 0.05) is 49.1 Å². The van der Waals surface area contributed by atoms with Crippen molar-refractivity contribution in [1.29, 1.82) is 0 Å². The maximum absolute atomic E-state index is 13.7. The number of carbonyl (C=O) groups is 3. The van der Waals surface area contributed by atoms with Crippen molar-refractivity contribution < 1.29 is 23.5 Å². The van der Waals surface area contributed by atoms with Crippen molar-refractivity contribution >= 4 is 56.6 Å². The standard InChI is InChI=1S/C40H45N13O5.C2H6/c1-7-27-34(58-23(5)46-27)39(56)49-40-47-28-17-24(35(41)54)18-31(57-15-11-12-43-6)33(28)52(40)14-10-9-13-51-32-22(4)45-29(36(42)55)19-25(32)26-20-44-37(48-38(26)51)30-16-21(3)50-53(30)8-2;1-2/h9-10,16-20,43H,7-8,11-15H2,1-6H3,(H2,41,54)(H2,42,55)(H,47,49,56);1-2H3/b10-9+;. The highest BCUT2D eigenvalue weighted by Crippen LogP contribution is 2.33. The van der Waals surface area contributed by atoms with E-state index in [1.807, 2.05) is 76.1 Å². The lowest BCUT2D eigenvalue weighted by molar-refractivity contribution is 0.0986. The van der Waals surface area contributed by atoms with Crippen molar-refractivity contribution in [2.45, 2.75) is 80.9 Å². The molecule has 7 rings (SSSR count). The van der Waals surface area contributed by atoms with Crippen LogP contribution < -0.4 is 26.8 Å². The second-order valence-corrected chi connectivity index (χ2v) is 13.7. The maximum atomic E-state index is 13.7. The molecule has 0 fully saturated rings. The number of nitrogens with zero attached hydrogens (tertiary/aromatic N) is 9. The van der Waals surface area contributed by atoms with Crippen LogP contribution in [-0.4, -0.2) is 81.8 Å². The van der Waals surface area contributed by atoms with Gasteiger partial charge in [0.1, 0.15) is 28.3 Å². The Kier molecular flexibility index (Phi) is 13.0. The third-order valence-electron chi connectivity index (χ3n) is 9.67. The number of oxazole rings is 1. The van der Waals surface area contributed by atoms with Crippen LogP contribution in [0, 0.1) is 20.8 Å². The summed E-state index contributed by atoms with van der Waals surface area (Å²) in [6, 6.07) is 6.77. The number of nitrogens with one attached hydrogen (secondary N) is 2.